The first kappa shape index (κ1) is 12.7. The molecule has 0 spiro atoms. The van der Waals surface area contributed by atoms with Gasteiger partial charge in [-0.25, -0.2) is 9.37 Å². The largest absolute Gasteiger partial charge is 0.494 e. The Balaban J connectivity index is 2.32. The molecule has 2 aromatic heterocycles. The summed E-state index contributed by atoms with van der Waals surface area (Å²) in [4.78, 5) is 18.3. The van der Waals surface area contributed by atoms with Gasteiger partial charge in [0.05, 0.1) is 24.5 Å². The quantitative estimate of drug-likeness (QED) is 0.790. The summed E-state index contributed by atoms with van der Waals surface area (Å²) >= 11 is 6.15. The number of H-pyrrole nitrogens is 1. The minimum absolute atomic E-state index is 0.0882. The minimum atomic E-state index is -0.477. The lowest BCUT2D eigenvalue weighted by atomic mass is 10.3. The molecule has 0 bridgehead atoms. The third kappa shape index (κ3) is 1.85. The standard InChI is InChI=1S/C13H9ClFN3O2/c1-20-10-4-7(2-3-9(10)15)18-11(14)5-8-12(18)16-6-17-13(8)19/h2-6H,1H3,(H,16,17,19). The van der Waals surface area contributed by atoms with Crippen LogP contribution in [0.3, 0.4) is 0 Å². The molecule has 102 valence electrons. The zero-order chi connectivity index (χ0) is 14.3. The van der Waals surface area contributed by atoms with E-state index in [9.17, 15) is 9.18 Å². The lowest BCUT2D eigenvalue weighted by Crippen LogP contribution is -2.06. The van der Waals surface area contributed by atoms with Gasteiger partial charge >= 0.3 is 0 Å². The molecule has 1 aromatic carbocycles. The van der Waals surface area contributed by atoms with Gasteiger partial charge in [0.1, 0.15) is 5.15 Å². The summed E-state index contributed by atoms with van der Waals surface area (Å²) in [5, 5.41) is 0.665. The number of aromatic nitrogens is 3. The fraction of sp³-hybridized carbons (Fsp3) is 0.0769. The summed E-state index contributed by atoms with van der Waals surface area (Å²) in [7, 11) is 1.38. The van der Waals surface area contributed by atoms with Crippen LogP contribution >= 0.6 is 11.6 Å². The Morgan fingerprint density at radius 3 is 2.95 bits per heavy atom. The van der Waals surface area contributed by atoms with Crippen molar-refractivity contribution in [2.75, 3.05) is 7.11 Å². The van der Waals surface area contributed by atoms with E-state index in [0.29, 0.717) is 21.9 Å². The molecule has 0 amide bonds. The molecule has 0 atom stereocenters. The van der Waals surface area contributed by atoms with Gasteiger partial charge in [-0.2, -0.15) is 0 Å². The highest BCUT2D eigenvalue weighted by molar-refractivity contribution is 6.31. The van der Waals surface area contributed by atoms with E-state index < -0.39 is 5.82 Å². The SMILES string of the molecule is COc1cc(-n2c(Cl)cc3c(=O)[nH]cnc32)ccc1F. The Bertz CT molecular complexity index is 856. The van der Waals surface area contributed by atoms with Gasteiger partial charge in [-0.05, 0) is 18.2 Å². The van der Waals surface area contributed by atoms with Gasteiger partial charge in [0.25, 0.3) is 5.56 Å². The molecular formula is C13H9ClFN3O2. The summed E-state index contributed by atoms with van der Waals surface area (Å²) in [5.41, 5.74) is 0.665. The van der Waals surface area contributed by atoms with Crippen LogP contribution in [0.25, 0.3) is 16.7 Å². The normalized spacial score (nSPS) is 10.9. The summed E-state index contributed by atoms with van der Waals surface area (Å²) in [6.45, 7) is 0. The number of aromatic amines is 1. The highest BCUT2D eigenvalue weighted by Gasteiger charge is 2.14. The van der Waals surface area contributed by atoms with Gasteiger partial charge in [0, 0.05) is 6.07 Å². The second kappa shape index (κ2) is 4.64. The fourth-order valence-electron chi connectivity index (χ4n) is 2.03. The Hall–Kier alpha value is -2.34. The Morgan fingerprint density at radius 1 is 1.40 bits per heavy atom. The van der Waals surface area contributed by atoms with Crippen LogP contribution in [0.1, 0.15) is 0 Å². The van der Waals surface area contributed by atoms with Gasteiger partial charge in [0.15, 0.2) is 17.2 Å². The predicted molar refractivity (Wildman–Crippen MR) is 73.2 cm³/mol. The maximum absolute atomic E-state index is 13.5. The lowest BCUT2D eigenvalue weighted by molar-refractivity contribution is 0.386. The van der Waals surface area contributed by atoms with Crippen LogP contribution in [0.2, 0.25) is 5.15 Å². The summed E-state index contributed by atoms with van der Waals surface area (Å²) in [6.07, 6.45) is 1.29. The van der Waals surface area contributed by atoms with Gasteiger partial charge in [0.2, 0.25) is 0 Å². The second-order valence-electron chi connectivity index (χ2n) is 4.09. The molecule has 2 heterocycles. The van der Waals surface area contributed by atoms with Crippen molar-refractivity contribution in [1.29, 1.82) is 0 Å². The number of fused-ring (bicyclic) bond motifs is 1. The van der Waals surface area contributed by atoms with Crippen molar-refractivity contribution in [2.45, 2.75) is 0 Å². The Kier molecular flexibility index (Phi) is 2.94. The molecule has 0 fully saturated rings. The maximum Gasteiger partial charge on any atom is 0.260 e. The fourth-order valence-corrected chi connectivity index (χ4v) is 2.31. The van der Waals surface area contributed by atoms with Gasteiger partial charge < -0.3 is 9.72 Å². The van der Waals surface area contributed by atoms with Gasteiger partial charge in [-0.15, -0.1) is 0 Å². The molecule has 0 saturated heterocycles. The molecule has 0 unspecified atom stereocenters. The van der Waals surface area contributed by atoms with Crippen LogP contribution in [-0.4, -0.2) is 21.6 Å². The van der Waals surface area contributed by atoms with E-state index >= 15 is 0 Å². The summed E-state index contributed by atoms with van der Waals surface area (Å²) < 4.78 is 19.9. The Labute approximate surface area is 117 Å². The molecule has 20 heavy (non-hydrogen) atoms. The van der Waals surface area contributed by atoms with E-state index in [1.54, 1.807) is 4.57 Å². The molecule has 1 N–H and O–H groups in total. The zero-order valence-corrected chi connectivity index (χ0v) is 11.1. The molecule has 0 aliphatic heterocycles. The first-order chi connectivity index (χ1) is 9.61. The Morgan fingerprint density at radius 2 is 2.20 bits per heavy atom. The average molecular weight is 294 g/mol. The summed E-state index contributed by atoms with van der Waals surface area (Å²) in [6, 6.07) is 5.80. The number of methoxy groups -OCH3 is 1. The lowest BCUT2D eigenvalue weighted by Gasteiger charge is -2.09. The van der Waals surface area contributed by atoms with Crippen molar-refractivity contribution < 1.29 is 9.13 Å². The topological polar surface area (TPSA) is 59.9 Å². The third-order valence-electron chi connectivity index (χ3n) is 2.95. The zero-order valence-electron chi connectivity index (χ0n) is 10.4. The number of benzene rings is 1. The average Bonchev–Trinajstić information content (AvgIpc) is 2.77. The van der Waals surface area contributed by atoms with Crippen LogP contribution in [0.15, 0.2) is 35.4 Å². The van der Waals surface area contributed by atoms with Crippen molar-refractivity contribution in [3.8, 4) is 11.4 Å². The molecule has 5 nitrogen and oxygen atoms in total. The van der Waals surface area contributed by atoms with E-state index in [2.05, 4.69) is 9.97 Å². The number of hydrogen-bond acceptors (Lipinski definition) is 3. The van der Waals surface area contributed by atoms with E-state index in [4.69, 9.17) is 16.3 Å². The third-order valence-corrected chi connectivity index (χ3v) is 3.23. The highest BCUT2D eigenvalue weighted by atomic mass is 35.5. The van der Waals surface area contributed by atoms with Crippen molar-refractivity contribution in [3.05, 3.63) is 51.9 Å². The minimum Gasteiger partial charge on any atom is -0.494 e. The molecule has 7 heteroatoms. The van der Waals surface area contributed by atoms with Crippen LogP contribution in [0.4, 0.5) is 4.39 Å². The van der Waals surface area contributed by atoms with Gasteiger partial charge in [-0.1, -0.05) is 11.6 Å². The molecule has 0 aliphatic carbocycles. The number of nitrogens with one attached hydrogen (secondary N) is 1. The highest BCUT2D eigenvalue weighted by Crippen LogP contribution is 2.27. The second-order valence-corrected chi connectivity index (χ2v) is 4.48. The molecule has 0 saturated carbocycles. The number of rotatable bonds is 2. The monoisotopic (exact) mass is 293 g/mol. The molecular weight excluding hydrogens is 285 g/mol. The summed E-state index contributed by atoms with van der Waals surface area (Å²) in [5.74, 6) is -0.389. The van der Waals surface area contributed by atoms with Crippen molar-refractivity contribution in [2.24, 2.45) is 0 Å². The van der Waals surface area contributed by atoms with E-state index in [1.807, 2.05) is 0 Å². The van der Waals surface area contributed by atoms with E-state index in [-0.39, 0.29) is 11.3 Å². The molecule has 3 aromatic rings. The van der Waals surface area contributed by atoms with Crippen LogP contribution in [-0.2, 0) is 0 Å². The maximum atomic E-state index is 13.5. The number of nitrogens with zero attached hydrogens (tertiary/aromatic N) is 2. The first-order valence-electron chi connectivity index (χ1n) is 5.70. The molecule has 0 radical (unpaired) electrons. The number of hydrogen-bond donors (Lipinski definition) is 1. The van der Waals surface area contributed by atoms with Crippen molar-refractivity contribution in [3.63, 3.8) is 0 Å². The smallest absolute Gasteiger partial charge is 0.260 e. The first-order valence-corrected chi connectivity index (χ1v) is 6.08. The number of halogens is 2. The van der Waals surface area contributed by atoms with E-state index in [0.717, 1.165) is 0 Å². The predicted octanol–water partition coefficient (Wildman–Crippen LogP) is 2.51. The van der Waals surface area contributed by atoms with Crippen LogP contribution in [0.5, 0.6) is 5.75 Å². The van der Waals surface area contributed by atoms with Gasteiger partial charge in [-0.3, -0.25) is 9.36 Å². The number of ether oxygens (including phenoxy) is 1. The molecule has 3 rings (SSSR count). The van der Waals surface area contributed by atoms with Crippen LogP contribution < -0.4 is 10.3 Å². The molecule has 0 aliphatic rings. The van der Waals surface area contributed by atoms with Crippen molar-refractivity contribution in [1.82, 2.24) is 14.5 Å². The van der Waals surface area contributed by atoms with Crippen molar-refractivity contribution >= 4 is 22.6 Å². The van der Waals surface area contributed by atoms with Crippen LogP contribution in [0, 0.1) is 5.82 Å². The van der Waals surface area contributed by atoms with E-state index in [1.165, 1.54) is 37.7 Å².